The molecule has 1 aliphatic heterocycles. The van der Waals surface area contributed by atoms with Gasteiger partial charge in [-0.1, -0.05) is 11.8 Å². The molecule has 19 heavy (non-hydrogen) atoms. The van der Waals surface area contributed by atoms with Gasteiger partial charge in [0.25, 0.3) is 0 Å². The Bertz CT molecular complexity index is 480. The number of ether oxygens (including phenoxy) is 1. The third kappa shape index (κ3) is 4.35. The maximum Gasteiger partial charge on any atom is 0.249 e. The molecule has 2 heterocycles. The fourth-order valence-electron chi connectivity index (χ4n) is 1.92. The van der Waals surface area contributed by atoms with Crippen LogP contribution in [0.5, 0.6) is 0 Å². The van der Waals surface area contributed by atoms with Crippen molar-refractivity contribution in [2.75, 3.05) is 13.2 Å². The van der Waals surface area contributed by atoms with E-state index in [4.69, 9.17) is 9.84 Å². The van der Waals surface area contributed by atoms with Crippen LogP contribution in [-0.4, -0.2) is 30.3 Å². The standard InChI is InChI=1S/C14H17NO3S/c16-6-3-4-11-8-12(19-10-11)9-15-14(17)13-5-1-2-7-18-13/h8,10,13,16H,1-2,5-7,9H2,(H,15,17). The van der Waals surface area contributed by atoms with Crippen LogP contribution in [0.3, 0.4) is 0 Å². The zero-order valence-electron chi connectivity index (χ0n) is 10.6. The molecule has 1 amide bonds. The first-order valence-electron chi connectivity index (χ1n) is 6.36. The summed E-state index contributed by atoms with van der Waals surface area (Å²) in [4.78, 5) is 12.9. The highest BCUT2D eigenvalue weighted by Gasteiger charge is 2.21. The van der Waals surface area contributed by atoms with Gasteiger partial charge in [-0.15, -0.1) is 11.3 Å². The highest BCUT2D eigenvalue weighted by atomic mass is 32.1. The van der Waals surface area contributed by atoms with Gasteiger partial charge in [0.05, 0.1) is 6.54 Å². The average Bonchev–Trinajstić information content (AvgIpc) is 2.91. The van der Waals surface area contributed by atoms with E-state index in [0.29, 0.717) is 13.2 Å². The smallest absolute Gasteiger partial charge is 0.249 e. The monoisotopic (exact) mass is 279 g/mol. The van der Waals surface area contributed by atoms with E-state index in [9.17, 15) is 4.79 Å². The first-order chi connectivity index (χ1) is 9.29. The molecular weight excluding hydrogens is 262 g/mol. The third-order valence-electron chi connectivity index (χ3n) is 2.87. The van der Waals surface area contributed by atoms with Crippen LogP contribution in [0.15, 0.2) is 11.4 Å². The van der Waals surface area contributed by atoms with Crippen molar-refractivity contribution in [3.8, 4) is 11.8 Å². The molecular formula is C14H17NO3S. The van der Waals surface area contributed by atoms with Gasteiger partial charge in [-0.2, -0.15) is 0 Å². The Morgan fingerprint density at radius 2 is 2.47 bits per heavy atom. The van der Waals surface area contributed by atoms with Crippen LogP contribution >= 0.6 is 11.3 Å². The summed E-state index contributed by atoms with van der Waals surface area (Å²) in [5.74, 6) is 5.41. The number of aliphatic hydroxyl groups is 1. The van der Waals surface area contributed by atoms with E-state index in [1.165, 1.54) is 0 Å². The van der Waals surface area contributed by atoms with Crippen LogP contribution in [0.4, 0.5) is 0 Å². The molecule has 1 aliphatic rings. The molecule has 1 atom stereocenters. The summed E-state index contributed by atoms with van der Waals surface area (Å²) in [5, 5.41) is 13.4. The molecule has 1 fully saturated rings. The van der Waals surface area contributed by atoms with E-state index < -0.39 is 0 Å². The Morgan fingerprint density at radius 1 is 1.58 bits per heavy atom. The van der Waals surface area contributed by atoms with Gasteiger partial charge in [-0.3, -0.25) is 4.79 Å². The van der Waals surface area contributed by atoms with Crippen LogP contribution in [0, 0.1) is 11.8 Å². The molecule has 1 aromatic rings. The Morgan fingerprint density at radius 3 is 3.21 bits per heavy atom. The van der Waals surface area contributed by atoms with Crippen LogP contribution in [0.25, 0.3) is 0 Å². The SMILES string of the molecule is O=C(NCc1cc(C#CCO)cs1)C1CCCCO1. The van der Waals surface area contributed by atoms with Gasteiger partial charge in [-0.25, -0.2) is 0 Å². The highest BCUT2D eigenvalue weighted by Crippen LogP contribution is 2.15. The number of rotatable bonds is 3. The molecule has 1 aromatic heterocycles. The average molecular weight is 279 g/mol. The van der Waals surface area contributed by atoms with Crippen LogP contribution in [-0.2, 0) is 16.1 Å². The minimum Gasteiger partial charge on any atom is -0.384 e. The van der Waals surface area contributed by atoms with Crippen LogP contribution in [0.1, 0.15) is 29.7 Å². The van der Waals surface area contributed by atoms with Gasteiger partial charge in [0.15, 0.2) is 0 Å². The highest BCUT2D eigenvalue weighted by molar-refractivity contribution is 7.10. The minimum absolute atomic E-state index is 0.0314. The molecule has 2 N–H and O–H groups in total. The summed E-state index contributed by atoms with van der Waals surface area (Å²) in [6.07, 6.45) is 2.62. The molecule has 0 saturated carbocycles. The van der Waals surface area contributed by atoms with Gasteiger partial charge >= 0.3 is 0 Å². The van der Waals surface area contributed by atoms with E-state index in [0.717, 1.165) is 29.7 Å². The van der Waals surface area contributed by atoms with Crippen molar-refractivity contribution in [2.45, 2.75) is 31.9 Å². The summed E-state index contributed by atoms with van der Waals surface area (Å²) in [6, 6.07) is 1.93. The second-order valence-corrected chi connectivity index (χ2v) is 5.33. The Kier molecular flexibility index (Phi) is 5.40. The molecule has 4 nitrogen and oxygen atoms in total. The largest absolute Gasteiger partial charge is 0.384 e. The summed E-state index contributed by atoms with van der Waals surface area (Å²) < 4.78 is 5.43. The Hall–Kier alpha value is -1.35. The summed E-state index contributed by atoms with van der Waals surface area (Å²) in [5.41, 5.74) is 0.872. The van der Waals surface area contributed by atoms with Crippen molar-refractivity contribution in [3.05, 3.63) is 21.9 Å². The number of nitrogens with one attached hydrogen (secondary N) is 1. The van der Waals surface area contributed by atoms with E-state index in [-0.39, 0.29) is 18.6 Å². The quantitative estimate of drug-likeness (QED) is 0.819. The lowest BCUT2D eigenvalue weighted by atomic mass is 10.1. The maximum atomic E-state index is 11.9. The Balaban J connectivity index is 1.81. The van der Waals surface area contributed by atoms with Crippen molar-refractivity contribution in [1.29, 1.82) is 0 Å². The predicted octanol–water partition coefficient (Wildman–Crippen LogP) is 1.28. The second-order valence-electron chi connectivity index (χ2n) is 4.33. The lowest BCUT2D eigenvalue weighted by molar-refractivity contribution is -0.135. The predicted molar refractivity (Wildman–Crippen MR) is 73.7 cm³/mol. The molecule has 1 unspecified atom stereocenters. The molecule has 102 valence electrons. The number of thiophene rings is 1. The van der Waals surface area contributed by atoms with E-state index in [1.807, 2.05) is 11.4 Å². The number of hydrogen-bond donors (Lipinski definition) is 2. The van der Waals surface area contributed by atoms with Crippen LogP contribution in [0.2, 0.25) is 0 Å². The molecule has 0 aromatic carbocycles. The minimum atomic E-state index is -0.289. The van der Waals surface area contributed by atoms with Gasteiger partial charge in [0.2, 0.25) is 5.91 Å². The van der Waals surface area contributed by atoms with Gasteiger partial charge in [-0.05, 0) is 25.3 Å². The molecule has 0 radical (unpaired) electrons. The van der Waals surface area contributed by atoms with E-state index in [1.54, 1.807) is 11.3 Å². The number of amides is 1. The topological polar surface area (TPSA) is 58.6 Å². The van der Waals surface area contributed by atoms with Crippen molar-refractivity contribution in [3.63, 3.8) is 0 Å². The fourth-order valence-corrected chi connectivity index (χ4v) is 2.67. The zero-order valence-corrected chi connectivity index (χ0v) is 11.5. The lowest BCUT2D eigenvalue weighted by Gasteiger charge is -2.21. The van der Waals surface area contributed by atoms with Gasteiger partial charge in [0.1, 0.15) is 12.7 Å². The molecule has 2 rings (SSSR count). The molecule has 0 spiro atoms. The van der Waals surface area contributed by atoms with E-state index >= 15 is 0 Å². The number of carbonyl (C=O) groups is 1. The molecule has 1 saturated heterocycles. The number of hydrogen-bond acceptors (Lipinski definition) is 4. The first kappa shape index (κ1) is 14.1. The number of carbonyl (C=O) groups excluding carboxylic acids is 1. The first-order valence-corrected chi connectivity index (χ1v) is 7.24. The summed E-state index contributed by atoms with van der Waals surface area (Å²) >= 11 is 1.55. The lowest BCUT2D eigenvalue weighted by Crippen LogP contribution is -2.37. The van der Waals surface area contributed by atoms with Crippen molar-refractivity contribution in [2.24, 2.45) is 0 Å². The Labute approximate surface area is 116 Å². The summed E-state index contributed by atoms with van der Waals surface area (Å²) in [6.45, 7) is 1.04. The van der Waals surface area contributed by atoms with Crippen molar-refractivity contribution in [1.82, 2.24) is 5.32 Å². The molecule has 0 bridgehead atoms. The van der Waals surface area contributed by atoms with Crippen molar-refractivity contribution < 1.29 is 14.6 Å². The van der Waals surface area contributed by atoms with Crippen LogP contribution < -0.4 is 5.32 Å². The van der Waals surface area contributed by atoms with Gasteiger partial charge in [0, 0.05) is 22.4 Å². The van der Waals surface area contributed by atoms with Crippen molar-refractivity contribution >= 4 is 17.2 Å². The maximum absolute atomic E-state index is 11.9. The zero-order chi connectivity index (χ0) is 13.5. The van der Waals surface area contributed by atoms with E-state index in [2.05, 4.69) is 17.2 Å². The molecule has 0 aliphatic carbocycles. The fraction of sp³-hybridized carbons (Fsp3) is 0.500. The number of aliphatic hydroxyl groups excluding tert-OH is 1. The summed E-state index contributed by atoms with van der Waals surface area (Å²) in [7, 11) is 0. The van der Waals surface area contributed by atoms with Gasteiger partial charge < -0.3 is 15.2 Å². The normalized spacial score (nSPS) is 18.5. The molecule has 5 heteroatoms. The second kappa shape index (κ2) is 7.29. The third-order valence-corrected chi connectivity index (χ3v) is 3.81.